The minimum absolute atomic E-state index is 0.0209. The Morgan fingerprint density at radius 3 is 2.62 bits per heavy atom. The van der Waals surface area contributed by atoms with Gasteiger partial charge in [0.05, 0.1) is 12.6 Å². The van der Waals surface area contributed by atoms with Gasteiger partial charge in [0.1, 0.15) is 6.61 Å². The molecule has 2 unspecified atom stereocenters. The van der Waals surface area contributed by atoms with Crippen LogP contribution in [0.2, 0.25) is 0 Å². The molecular formula is C14H18N2O5. The zero-order chi connectivity index (χ0) is 15.2. The van der Waals surface area contributed by atoms with Gasteiger partial charge >= 0.3 is 12.2 Å². The Kier molecular flexibility index (Phi) is 5.13. The van der Waals surface area contributed by atoms with E-state index in [4.69, 9.17) is 9.84 Å². The second-order valence-electron chi connectivity index (χ2n) is 4.87. The Balaban J connectivity index is 1.95. The molecule has 0 saturated carbocycles. The summed E-state index contributed by atoms with van der Waals surface area (Å²) in [6.07, 6.45) is -1.86. The molecule has 0 radical (unpaired) electrons. The lowest BCUT2D eigenvalue weighted by Crippen LogP contribution is -2.45. The Morgan fingerprint density at radius 1 is 1.33 bits per heavy atom. The minimum atomic E-state index is -1.35. The van der Waals surface area contributed by atoms with Crippen molar-refractivity contribution >= 4 is 12.2 Å². The van der Waals surface area contributed by atoms with Crippen LogP contribution in [-0.4, -0.2) is 52.5 Å². The molecule has 2 rings (SSSR count). The fourth-order valence-corrected chi connectivity index (χ4v) is 2.31. The molecule has 114 valence electrons. The van der Waals surface area contributed by atoms with Crippen molar-refractivity contribution in [3.05, 3.63) is 35.9 Å². The third-order valence-corrected chi connectivity index (χ3v) is 3.39. The number of nitrogens with zero attached hydrogens (tertiary/aromatic N) is 1. The Hall–Kier alpha value is -2.12. The number of rotatable bonds is 4. The van der Waals surface area contributed by atoms with E-state index in [0.29, 0.717) is 17.9 Å². The maximum atomic E-state index is 12.0. The first-order valence-corrected chi connectivity index (χ1v) is 6.69. The van der Waals surface area contributed by atoms with E-state index in [1.807, 2.05) is 18.2 Å². The lowest BCUT2D eigenvalue weighted by Gasteiger charge is -2.22. The van der Waals surface area contributed by atoms with Gasteiger partial charge in [0.15, 0.2) is 0 Å². The molecule has 0 aromatic heterocycles. The summed E-state index contributed by atoms with van der Waals surface area (Å²) in [5, 5.41) is 21.2. The molecule has 7 heteroatoms. The predicted octanol–water partition coefficient (Wildman–Crippen LogP) is 1.03. The highest BCUT2D eigenvalue weighted by atomic mass is 16.6. The third kappa shape index (κ3) is 3.93. The summed E-state index contributed by atoms with van der Waals surface area (Å²) in [6.45, 7) is 0.244. The van der Waals surface area contributed by atoms with Crippen LogP contribution in [0.15, 0.2) is 30.3 Å². The van der Waals surface area contributed by atoms with Crippen LogP contribution in [0, 0.1) is 0 Å². The largest absolute Gasteiger partial charge is 0.465 e. The average molecular weight is 294 g/mol. The maximum Gasteiger partial charge on any atom is 0.419 e. The first-order valence-electron chi connectivity index (χ1n) is 6.69. The van der Waals surface area contributed by atoms with E-state index < -0.39 is 18.2 Å². The first kappa shape index (κ1) is 15.3. The van der Waals surface area contributed by atoms with Crippen LogP contribution in [-0.2, 0) is 11.3 Å². The standard InChI is InChI=1S/C14H18N2O5/c17-8-11-6-12(7-15-11)16(13(18)19)14(20)21-9-10-4-2-1-3-5-10/h1-5,11-12,15,17H,6-9H2,(H,18,19). The summed E-state index contributed by atoms with van der Waals surface area (Å²) in [6, 6.07) is 8.32. The molecular weight excluding hydrogens is 276 g/mol. The molecule has 2 amide bonds. The summed E-state index contributed by atoms with van der Waals surface area (Å²) in [5.74, 6) is 0. The molecule has 0 bridgehead atoms. The van der Waals surface area contributed by atoms with Gasteiger partial charge in [-0.05, 0) is 12.0 Å². The highest BCUT2D eigenvalue weighted by Crippen LogP contribution is 2.15. The van der Waals surface area contributed by atoms with E-state index in [9.17, 15) is 14.7 Å². The number of hydrogen-bond acceptors (Lipinski definition) is 5. The first-order chi connectivity index (χ1) is 10.1. The van der Waals surface area contributed by atoms with E-state index in [0.717, 1.165) is 5.56 Å². The number of aliphatic hydroxyl groups excluding tert-OH is 1. The van der Waals surface area contributed by atoms with Crippen LogP contribution >= 0.6 is 0 Å². The number of ether oxygens (including phenoxy) is 1. The molecule has 0 aliphatic carbocycles. The fraction of sp³-hybridized carbons (Fsp3) is 0.429. The fourth-order valence-electron chi connectivity index (χ4n) is 2.31. The molecule has 2 atom stereocenters. The zero-order valence-electron chi connectivity index (χ0n) is 11.4. The van der Waals surface area contributed by atoms with E-state index in [2.05, 4.69) is 5.32 Å². The van der Waals surface area contributed by atoms with E-state index in [1.54, 1.807) is 12.1 Å². The predicted molar refractivity (Wildman–Crippen MR) is 73.8 cm³/mol. The second kappa shape index (κ2) is 7.05. The number of hydrogen-bond donors (Lipinski definition) is 3. The molecule has 1 heterocycles. The zero-order valence-corrected chi connectivity index (χ0v) is 11.4. The molecule has 21 heavy (non-hydrogen) atoms. The smallest absolute Gasteiger partial charge is 0.419 e. The lowest BCUT2D eigenvalue weighted by molar-refractivity contribution is 0.0774. The minimum Gasteiger partial charge on any atom is -0.465 e. The van der Waals surface area contributed by atoms with Crippen molar-refractivity contribution in [2.45, 2.75) is 25.1 Å². The Bertz CT molecular complexity index is 493. The van der Waals surface area contributed by atoms with Crippen LogP contribution in [0.25, 0.3) is 0 Å². The lowest BCUT2D eigenvalue weighted by atomic mass is 10.1. The van der Waals surface area contributed by atoms with Crippen LogP contribution in [0.3, 0.4) is 0 Å². The van der Waals surface area contributed by atoms with Crippen molar-refractivity contribution in [2.24, 2.45) is 0 Å². The highest BCUT2D eigenvalue weighted by Gasteiger charge is 2.36. The summed E-state index contributed by atoms with van der Waals surface area (Å²) in [5.41, 5.74) is 0.786. The summed E-state index contributed by atoms with van der Waals surface area (Å²) in [4.78, 5) is 23.9. The van der Waals surface area contributed by atoms with Crippen LogP contribution in [0.1, 0.15) is 12.0 Å². The summed E-state index contributed by atoms with van der Waals surface area (Å²) < 4.78 is 5.05. The maximum absolute atomic E-state index is 12.0. The monoisotopic (exact) mass is 294 g/mol. The van der Waals surface area contributed by atoms with Crippen LogP contribution < -0.4 is 5.32 Å². The molecule has 1 saturated heterocycles. The molecule has 1 fully saturated rings. The van der Waals surface area contributed by atoms with Gasteiger partial charge in [-0.1, -0.05) is 30.3 Å². The molecule has 7 nitrogen and oxygen atoms in total. The van der Waals surface area contributed by atoms with Gasteiger partial charge in [0.25, 0.3) is 0 Å². The van der Waals surface area contributed by atoms with Crippen molar-refractivity contribution in [2.75, 3.05) is 13.2 Å². The molecule has 1 aliphatic rings. The van der Waals surface area contributed by atoms with Crippen molar-refractivity contribution in [1.82, 2.24) is 10.2 Å². The molecule has 1 aromatic rings. The van der Waals surface area contributed by atoms with Gasteiger partial charge < -0.3 is 20.3 Å². The van der Waals surface area contributed by atoms with Gasteiger partial charge in [-0.3, -0.25) is 0 Å². The van der Waals surface area contributed by atoms with Gasteiger partial charge in [-0.2, -0.15) is 0 Å². The average Bonchev–Trinajstić information content (AvgIpc) is 2.94. The quantitative estimate of drug-likeness (QED) is 0.767. The van der Waals surface area contributed by atoms with Gasteiger partial charge in [0, 0.05) is 12.6 Å². The van der Waals surface area contributed by atoms with E-state index in [-0.39, 0.29) is 19.3 Å². The molecule has 3 N–H and O–H groups in total. The molecule has 1 aromatic carbocycles. The van der Waals surface area contributed by atoms with Crippen molar-refractivity contribution in [3.63, 3.8) is 0 Å². The van der Waals surface area contributed by atoms with Crippen molar-refractivity contribution < 1.29 is 24.5 Å². The SMILES string of the molecule is O=C(O)N(C(=O)OCc1ccccc1)C1CNC(CO)C1. The highest BCUT2D eigenvalue weighted by molar-refractivity contribution is 5.87. The number of carbonyl (C=O) groups excluding carboxylic acids is 1. The number of imide groups is 1. The molecule has 0 spiro atoms. The molecule has 1 aliphatic heterocycles. The summed E-state index contributed by atoms with van der Waals surface area (Å²) >= 11 is 0. The van der Waals surface area contributed by atoms with E-state index in [1.165, 1.54) is 0 Å². The number of nitrogens with one attached hydrogen (secondary N) is 1. The van der Waals surface area contributed by atoms with Crippen molar-refractivity contribution in [3.8, 4) is 0 Å². The van der Waals surface area contributed by atoms with Gasteiger partial charge in [-0.25, -0.2) is 14.5 Å². The van der Waals surface area contributed by atoms with Gasteiger partial charge in [0.2, 0.25) is 0 Å². The number of benzene rings is 1. The topological polar surface area (TPSA) is 99.1 Å². The summed E-state index contributed by atoms with van der Waals surface area (Å²) in [7, 11) is 0. The van der Waals surface area contributed by atoms with Crippen molar-refractivity contribution in [1.29, 1.82) is 0 Å². The van der Waals surface area contributed by atoms with E-state index >= 15 is 0 Å². The number of carboxylic acid groups (broad SMARTS) is 1. The normalized spacial score (nSPS) is 21.0. The van der Waals surface area contributed by atoms with Crippen LogP contribution in [0.5, 0.6) is 0 Å². The number of amides is 2. The van der Waals surface area contributed by atoms with Crippen LogP contribution in [0.4, 0.5) is 9.59 Å². The number of carbonyl (C=O) groups is 2. The number of aliphatic hydroxyl groups is 1. The Morgan fingerprint density at radius 2 is 2.05 bits per heavy atom. The Labute approximate surface area is 122 Å². The van der Waals surface area contributed by atoms with Gasteiger partial charge in [-0.15, -0.1) is 0 Å². The second-order valence-corrected chi connectivity index (χ2v) is 4.87. The third-order valence-electron chi connectivity index (χ3n) is 3.39.